The summed E-state index contributed by atoms with van der Waals surface area (Å²) in [5.41, 5.74) is 4.39. The van der Waals surface area contributed by atoms with Crippen LogP contribution in [0.3, 0.4) is 0 Å². The zero-order valence-corrected chi connectivity index (χ0v) is 18.9. The molecule has 0 unspecified atom stereocenters. The Morgan fingerprint density at radius 3 is 2.04 bits per heavy atom. The minimum atomic E-state index is -2.24. The van der Waals surface area contributed by atoms with Gasteiger partial charge >= 0.3 is 154 Å². The first-order chi connectivity index (χ1) is 11.7. The van der Waals surface area contributed by atoms with Crippen LogP contribution in [0.2, 0.25) is 13.3 Å². The third-order valence-corrected chi connectivity index (χ3v) is 19.7. The molecule has 0 aromatic heterocycles. The van der Waals surface area contributed by atoms with Gasteiger partial charge in [0, 0.05) is 0 Å². The van der Waals surface area contributed by atoms with Gasteiger partial charge in [-0.3, -0.25) is 0 Å². The van der Waals surface area contributed by atoms with Crippen LogP contribution in [0.15, 0.2) is 28.4 Å². The molecule has 1 heterocycles. The standard InChI is InChI=1S/C10H9O.3C4H9.Sn/c1-8-6-11-7-9-4-2-3-5-10(8)9;3*1-3-4-2;/h1-5H,6-7H2;3*1,3-4H2,2H3;. The van der Waals surface area contributed by atoms with E-state index in [9.17, 15) is 0 Å². The van der Waals surface area contributed by atoms with E-state index in [1.54, 1.807) is 0 Å². The number of fused-ring (bicyclic) bond motifs is 1. The summed E-state index contributed by atoms with van der Waals surface area (Å²) in [5.74, 6) is 0. The molecule has 2 heteroatoms. The van der Waals surface area contributed by atoms with Gasteiger partial charge in [-0.05, 0) is 0 Å². The zero-order chi connectivity index (χ0) is 17.3. The molecular formula is C22H36OSn. The number of hydrogen-bond donors (Lipinski definition) is 0. The molecule has 0 fully saturated rings. The number of unbranched alkanes of at least 4 members (excludes halogenated alkanes) is 3. The fourth-order valence-corrected chi connectivity index (χ4v) is 19.2. The molecule has 0 saturated carbocycles. The Balaban J connectivity index is 2.34. The zero-order valence-electron chi connectivity index (χ0n) is 16.1. The molecule has 2 rings (SSSR count). The second-order valence-electron chi connectivity index (χ2n) is 7.49. The van der Waals surface area contributed by atoms with Crippen molar-refractivity contribution < 1.29 is 4.74 Å². The van der Waals surface area contributed by atoms with E-state index in [0.29, 0.717) is 0 Å². The summed E-state index contributed by atoms with van der Waals surface area (Å²) in [4.78, 5) is 0. The van der Waals surface area contributed by atoms with Crippen LogP contribution < -0.4 is 0 Å². The van der Waals surface area contributed by atoms with E-state index in [1.165, 1.54) is 68.5 Å². The van der Waals surface area contributed by atoms with Crippen molar-refractivity contribution in [1.29, 1.82) is 0 Å². The monoisotopic (exact) mass is 436 g/mol. The van der Waals surface area contributed by atoms with Gasteiger partial charge < -0.3 is 0 Å². The molecule has 0 bridgehead atoms. The fourth-order valence-electron chi connectivity index (χ4n) is 3.98. The van der Waals surface area contributed by atoms with Crippen molar-refractivity contribution in [1.82, 2.24) is 0 Å². The third-order valence-electron chi connectivity index (χ3n) is 5.44. The van der Waals surface area contributed by atoms with E-state index in [1.807, 2.05) is 0 Å². The van der Waals surface area contributed by atoms with Crippen LogP contribution in [-0.2, 0) is 11.3 Å². The molecule has 1 nitrogen and oxygen atoms in total. The van der Waals surface area contributed by atoms with E-state index in [4.69, 9.17) is 4.74 Å². The number of hydrogen-bond acceptors (Lipinski definition) is 1. The molecular weight excluding hydrogens is 399 g/mol. The Labute approximate surface area is 153 Å². The summed E-state index contributed by atoms with van der Waals surface area (Å²) in [7, 11) is 0. The summed E-state index contributed by atoms with van der Waals surface area (Å²) in [5, 5.41) is 0. The average Bonchev–Trinajstić information content (AvgIpc) is 2.63. The van der Waals surface area contributed by atoms with E-state index in [0.717, 1.165) is 13.2 Å². The third kappa shape index (κ3) is 5.62. The van der Waals surface area contributed by atoms with Gasteiger partial charge in [0.1, 0.15) is 0 Å². The quantitative estimate of drug-likeness (QED) is 0.360. The number of rotatable bonds is 10. The second-order valence-corrected chi connectivity index (χ2v) is 20.4. The SMILES string of the molecule is CCC[CH2][Sn]([CH]=C1COCc2ccccc21)([CH2]CCC)[CH2]CCC. The number of ether oxygens (including phenoxy) is 1. The first-order valence-corrected chi connectivity index (χ1v) is 17.8. The van der Waals surface area contributed by atoms with E-state index >= 15 is 0 Å². The molecule has 0 radical (unpaired) electrons. The molecule has 24 heavy (non-hydrogen) atoms. The van der Waals surface area contributed by atoms with Crippen molar-refractivity contribution in [2.75, 3.05) is 6.61 Å². The first-order valence-electron chi connectivity index (χ1n) is 10.1. The molecule has 1 aliphatic rings. The summed E-state index contributed by atoms with van der Waals surface area (Å²) in [6.45, 7) is 8.67. The van der Waals surface area contributed by atoms with Gasteiger partial charge in [0.2, 0.25) is 0 Å². The maximum atomic E-state index is 5.93. The molecule has 0 spiro atoms. The molecule has 0 atom stereocenters. The molecule has 0 aliphatic carbocycles. The summed E-state index contributed by atoms with van der Waals surface area (Å²) < 4.78 is 13.4. The molecule has 0 saturated heterocycles. The Bertz CT molecular complexity index is 499. The molecule has 1 aromatic carbocycles. The normalized spacial score (nSPS) is 16.4. The van der Waals surface area contributed by atoms with Crippen molar-refractivity contribution in [3.05, 3.63) is 39.5 Å². The second kappa shape index (κ2) is 10.7. The van der Waals surface area contributed by atoms with Gasteiger partial charge in [0.25, 0.3) is 0 Å². The fraction of sp³-hybridized carbons (Fsp3) is 0.636. The molecule has 134 valence electrons. The van der Waals surface area contributed by atoms with E-state index in [-0.39, 0.29) is 0 Å². The van der Waals surface area contributed by atoms with Crippen LogP contribution in [0.25, 0.3) is 5.57 Å². The van der Waals surface area contributed by atoms with Crippen molar-refractivity contribution in [2.24, 2.45) is 0 Å². The van der Waals surface area contributed by atoms with Gasteiger partial charge in [0.15, 0.2) is 0 Å². The Morgan fingerprint density at radius 2 is 1.46 bits per heavy atom. The van der Waals surface area contributed by atoms with Gasteiger partial charge in [-0.15, -0.1) is 0 Å². The Hall–Kier alpha value is -0.281. The average molecular weight is 435 g/mol. The summed E-state index contributed by atoms with van der Waals surface area (Å²) >= 11 is -2.24. The van der Waals surface area contributed by atoms with Crippen LogP contribution in [0.1, 0.15) is 70.4 Å². The summed E-state index contributed by atoms with van der Waals surface area (Å²) in [6, 6.07) is 8.90. The summed E-state index contributed by atoms with van der Waals surface area (Å²) in [6.07, 6.45) is 8.30. The van der Waals surface area contributed by atoms with Gasteiger partial charge in [-0.1, -0.05) is 0 Å². The minimum absolute atomic E-state index is 0.787. The molecule has 1 aromatic rings. The van der Waals surface area contributed by atoms with E-state index < -0.39 is 18.4 Å². The van der Waals surface area contributed by atoms with Crippen molar-refractivity contribution >= 4 is 24.0 Å². The topological polar surface area (TPSA) is 9.23 Å². The van der Waals surface area contributed by atoms with Crippen LogP contribution in [0.5, 0.6) is 0 Å². The first kappa shape index (κ1) is 20.0. The van der Waals surface area contributed by atoms with Crippen molar-refractivity contribution in [3.63, 3.8) is 0 Å². The predicted octanol–water partition coefficient (Wildman–Crippen LogP) is 6.99. The van der Waals surface area contributed by atoms with Gasteiger partial charge in [-0.25, -0.2) is 0 Å². The van der Waals surface area contributed by atoms with Gasteiger partial charge in [0.05, 0.1) is 0 Å². The van der Waals surface area contributed by atoms with Crippen LogP contribution >= 0.6 is 0 Å². The van der Waals surface area contributed by atoms with Crippen LogP contribution in [0, 0.1) is 0 Å². The van der Waals surface area contributed by atoms with E-state index in [2.05, 4.69) is 49.1 Å². The van der Waals surface area contributed by atoms with Crippen LogP contribution in [-0.4, -0.2) is 25.0 Å². The number of benzene rings is 1. The molecule has 0 amide bonds. The maximum absolute atomic E-state index is 5.93. The Kier molecular flexibility index (Phi) is 8.89. The van der Waals surface area contributed by atoms with Crippen molar-refractivity contribution in [2.45, 2.75) is 79.2 Å². The van der Waals surface area contributed by atoms with Gasteiger partial charge in [-0.2, -0.15) is 0 Å². The van der Waals surface area contributed by atoms with Crippen molar-refractivity contribution in [3.8, 4) is 0 Å². The predicted molar refractivity (Wildman–Crippen MR) is 109 cm³/mol. The Morgan fingerprint density at radius 1 is 0.875 bits per heavy atom. The molecule has 0 N–H and O–H groups in total. The van der Waals surface area contributed by atoms with Crippen LogP contribution in [0.4, 0.5) is 0 Å². The molecule has 1 aliphatic heterocycles.